The number of hydrogen-bond donors (Lipinski definition) is 1. The van der Waals surface area contributed by atoms with Crippen LogP contribution in [0.1, 0.15) is 12.1 Å². The minimum atomic E-state index is 0. The van der Waals surface area contributed by atoms with Crippen LogP contribution < -0.4 is 5.73 Å². The van der Waals surface area contributed by atoms with Crippen molar-refractivity contribution in [2.75, 3.05) is 13.7 Å². The Hall–Kier alpha value is -0.640. The van der Waals surface area contributed by atoms with E-state index in [1.165, 1.54) is 0 Å². The standard InChI is InChI=1S/C10H16N2O.ClH/c1-13-7-5-9(11)8-10-4-2-3-6-12-10;/h2-4,6,9H,5,7-8,11H2,1H3;1H/t9-;/m0./s1. The van der Waals surface area contributed by atoms with Crippen molar-refractivity contribution < 1.29 is 4.74 Å². The minimum Gasteiger partial charge on any atom is -0.385 e. The van der Waals surface area contributed by atoms with E-state index in [0.29, 0.717) is 6.61 Å². The lowest BCUT2D eigenvalue weighted by Gasteiger charge is -2.09. The monoisotopic (exact) mass is 216 g/mol. The predicted octanol–water partition coefficient (Wildman–Crippen LogP) is 1.41. The first kappa shape index (κ1) is 13.4. The van der Waals surface area contributed by atoms with Gasteiger partial charge in [0.05, 0.1) is 0 Å². The molecule has 1 aromatic heterocycles. The molecule has 1 atom stereocenters. The zero-order valence-corrected chi connectivity index (χ0v) is 9.17. The molecule has 0 saturated heterocycles. The number of rotatable bonds is 5. The van der Waals surface area contributed by atoms with Crippen molar-refractivity contribution in [3.63, 3.8) is 0 Å². The highest BCUT2D eigenvalue weighted by Gasteiger charge is 2.03. The summed E-state index contributed by atoms with van der Waals surface area (Å²) in [5, 5.41) is 0. The van der Waals surface area contributed by atoms with Crippen LogP contribution in [-0.4, -0.2) is 24.7 Å². The highest BCUT2D eigenvalue weighted by atomic mass is 35.5. The fraction of sp³-hybridized carbons (Fsp3) is 0.500. The van der Waals surface area contributed by atoms with Gasteiger partial charge < -0.3 is 10.5 Å². The second kappa shape index (κ2) is 7.74. The molecule has 0 aliphatic heterocycles. The highest BCUT2D eigenvalue weighted by molar-refractivity contribution is 5.85. The third kappa shape index (κ3) is 5.17. The maximum atomic E-state index is 5.87. The van der Waals surface area contributed by atoms with Crippen LogP contribution in [-0.2, 0) is 11.2 Å². The Balaban J connectivity index is 0.00000169. The first-order valence-electron chi connectivity index (χ1n) is 4.47. The van der Waals surface area contributed by atoms with E-state index in [9.17, 15) is 0 Å². The SMILES string of the molecule is COCC[C@H](N)Cc1ccccn1.Cl. The van der Waals surface area contributed by atoms with Crippen molar-refractivity contribution in [3.05, 3.63) is 30.1 Å². The van der Waals surface area contributed by atoms with Crippen molar-refractivity contribution in [3.8, 4) is 0 Å². The van der Waals surface area contributed by atoms with Gasteiger partial charge in [-0.05, 0) is 18.6 Å². The molecule has 0 aliphatic rings. The molecule has 1 rings (SSSR count). The van der Waals surface area contributed by atoms with E-state index in [0.717, 1.165) is 18.5 Å². The van der Waals surface area contributed by atoms with Crippen molar-refractivity contribution in [2.45, 2.75) is 18.9 Å². The van der Waals surface area contributed by atoms with Crippen LogP contribution in [0.5, 0.6) is 0 Å². The molecular weight excluding hydrogens is 200 g/mol. The van der Waals surface area contributed by atoms with E-state index in [1.807, 2.05) is 18.2 Å². The first-order valence-corrected chi connectivity index (χ1v) is 4.47. The number of pyridine rings is 1. The largest absolute Gasteiger partial charge is 0.385 e. The van der Waals surface area contributed by atoms with Crippen LogP contribution >= 0.6 is 12.4 Å². The molecule has 0 unspecified atom stereocenters. The number of aromatic nitrogens is 1. The van der Waals surface area contributed by atoms with Crippen LogP contribution in [0.2, 0.25) is 0 Å². The maximum absolute atomic E-state index is 5.87. The van der Waals surface area contributed by atoms with Crippen LogP contribution in [0.25, 0.3) is 0 Å². The minimum absolute atomic E-state index is 0. The molecule has 3 nitrogen and oxygen atoms in total. The lowest BCUT2D eigenvalue weighted by molar-refractivity contribution is 0.187. The fourth-order valence-electron chi connectivity index (χ4n) is 1.16. The number of nitrogens with two attached hydrogens (primary N) is 1. The summed E-state index contributed by atoms with van der Waals surface area (Å²) in [4.78, 5) is 4.21. The molecule has 0 bridgehead atoms. The summed E-state index contributed by atoms with van der Waals surface area (Å²) in [6.07, 6.45) is 3.50. The summed E-state index contributed by atoms with van der Waals surface area (Å²) in [5.41, 5.74) is 6.92. The van der Waals surface area contributed by atoms with Crippen molar-refractivity contribution in [2.24, 2.45) is 5.73 Å². The predicted molar refractivity (Wildman–Crippen MR) is 59.7 cm³/mol. The molecule has 80 valence electrons. The van der Waals surface area contributed by atoms with Gasteiger partial charge in [0.1, 0.15) is 0 Å². The van der Waals surface area contributed by atoms with Gasteiger partial charge in [-0.3, -0.25) is 4.98 Å². The van der Waals surface area contributed by atoms with E-state index < -0.39 is 0 Å². The number of halogens is 1. The average Bonchev–Trinajstić information content (AvgIpc) is 2.16. The smallest absolute Gasteiger partial charge is 0.0477 e. The Labute approximate surface area is 91.1 Å². The van der Waals surface area contributed by atoms with Gasteiger partial charge in [0.2, 0.25) is 0 Å². The molecule has 0 saturated carbocycles. The molecule has 0 amide bonds. The van der Waals surface area contributed by atoms with Gasteiger partial charge in [-0.25, -0.2) is 0 Å². The molecule has 1 heterocycles. The Morgan fingerprint density at radius 2 is 2.29 bits per heavy atom. The van der Waals surface area contributed by atoms with Crippen molar-refractivity contribution >= 4 is 12.4 Å². The summed E-state index contributed by atoms with van der Waals surface area (Å²) in [7, 11) is 1.69. The maximum Gasteiger partial charge on any atom is 0.0477 e. The van der Waals surface area contributed by atoms with Gasteiger partial charge in [-0.15, -0.1) is 12.4 Å². The van der Waals surface area contributed by atoms with Gasteiger partial charge >= 0.3 is 0 Å². The summed E-state index contributed by atoms with van der Waals surface area (Å²) in [5.74, 6) is 0. The average molecular weight is 217 g/mol. The summed E-state index contributed by atoms with van der Waals surface area (Å²) < 4.78 is 4.95. The molecule has 4 heteroatoms. The molecule has 0 radical (unpaired) electrons. The summed E-state index contributed by atoms with van der Waals surface area (Å²) >= 11 is 0. The van der Waals surface area contributed by atoms with E-state index in [-0.39, 0.29) is 18.4 Å². The number of nitrogens with zero attached hydrogens (tertiary/aromatic N) is 1. The zero-order chi connectivity index (χ0) is 9.52. The van der Waals surface area contributed by atoms with E-state index in [1.54, 1.807) is 13.3 Å². The molecule has 2 N–H and O–H groups in total. The van der Waals surface area contributed by atoms with Gasteiger partial charge in [0.15, 0.2) is 0 Å². The number of methoxy groups -OCH3 is 1. The van der Waals surface area contributed by atoms with Gasteiger partial charge in [0, 0.05) is 38.1 Å². The molecule has 0 aliphatic carbocycles. The summed E-state index contributed by atoms with van der Waals surface area (Å²) in [6, 6.07) is 6.03. The molecule has 14 heavy (non-hydrogen) atoms. The number of ether oxygens (including phenoxy) is 1. The highest BCUT2D eigenvalue weighted by Crippen LogP contribution is 2.00. The van der Waals surface area contributed by atoms with Crippen LogP contribution in [0.15, 0.2) is 24.4 Å². The molecule has 1 aromatic rings. The fourth-order valence-corrected chi connectivity index (χ4v) is 1.16. The first-order chi connectivity index (χ1) is 6.33. The van der Waals surface area contributed by atoms with E-state index >= 15 is 0 Å². The van der Waals surface area contributed by atoms with Gasteiger partial charge in [-0.2, -0.15) is 0 Å². The van der Waals surface area contributed by atoms with E-state index in [2.05, 4.69) is 4.98 Å². The lowest BCUT2D eigenvalue weighted by Crippen LogP contribution is -2.24. The molecule has 0 spiro atoms. The second-order valence-corrected chi connectivity index (χ2v) is 3.07. The van der Waals surface area contributed by atoms with E-state index in [4.69, 9.17) is 10.5 Å². The van der Waals surface area contributed by atoms with Crippen molar-refractivity contribution in [1.82, 2.24) is 4.98 Å². The third-order valence-corrected chi connectivity index (χ3v) is 1.89. The normalized spacial score (nSPS) is 11.9. The summed E-state index contributed by atoms with van der Waals surface area (Å²) in [6.45, 7) is 0.716. The molecule has 0 fully saturated rings. The van der Waals surface area contributed by atoms with Gasteiger partial charge in [0.25, 0.3) is 0 Å². The zero-order valence-electron chi connectivity index (χ0n) is 8.35. The Morgan fingerprint density at radius 3 is 2.86 bits per heavy atom. The topological polar surface area (TPSA) is 48.1 Å². The molecular formula is C10H17ClN2O. The second-order valence-electron chi connectivity index (χ2n) is 3.07. The number of hydrogen-bond acceptors (Lipinski definition) is 3. The van der Waals surface area contributed by atoms with Crippen molar-refractivity contribution in [1.29, 1.82) is 0 Å². The quantitative estimate of drug-likeness (QED) is 0.810. The Kier molecular flexibility index (Phi) is 7.38. The lowest BCUT2D eigenvalue weighted by atomic mass is 10.1. The van der Waals surface area contributed by atoms with Crippen LogP contribution in [0.3, 0.4) is 0 Å². The van der Waals surface area contributed by atoms with Crippen LogP contribution in [0, 0.1) is 0 Å². The third-order valence-electron chi connectivity index (χ3n) is 1.89. The molecule has 0 aromatic carbocycles. The Morgan fingerprint density at radius 1 is 1.50 bits per heavy atom. The van der Waals surface area contributed by atoms with Gasteiger partial charge in [-0.1, -0.05) is 6.07 Å². The van der Waals surface area contributed by atoms with Crippen LogP contribution in [0.4, 0.5) is 0 Å². The Bertz CT molecular complexity index is 231.